The molecule has 0 aliphatic heterocycles. The molecule has 1 N–H and O–H groups in total. The van der Waals surface area contributed by atoms with E-state index < -0.39 is 0 Å². The van der Waals surface area contributed by atoms with Gasteiger partial charge in [0.15, 0.2) is 0 Å². The van der Waals surface area contributed by atoms with Gasteiger partial charge >= 0.3 is 0 Å². The van der Waals surface area contributed by atoms with E-state index >= 15 is 0 Å². The van der Waals surface area contributed by atoms with Crippen LogP contribution in [0.4, 0.5) is 0 Å². The number of rotatable bonds is 3. The van der Waals surface area contributed by atoms with Crippen molar-refractivity contribution < 1.29 is 0 Å². The molecule has 2 rings (SSSR count). The molecule has 1 aromatic carbocycles. The molecule has 96 valence electrons. The van der Waals surface area contributed by atoms with Crippen molar-refractivity contribution in [2.24, 2.45) is 0 Å². The fourth-order valence-electron chi connectivity index (χ4n) is 2.23. The lowest BCUT2D eigenvalue weighted by Gasteiger charge is -2.25. The van der Waals surface area contributed by atoms with Gasteiger partial charge in [0, 0.05) is 6.20 Å². The lowest BCUT2D eigenvalue weighted by Crippen LogP contribution is -2.25. The molecule has 0 saturated carbocycles. The summed E-state index contributed by atoms with van der Waals surface area (Å²) in [5, 5.41) is 9.19. The van der Waals surface area contributed by atoms with Gasteiger partial charge in [-0.25, -0.2) is 0 Å². The molecule has 0 saturated heterocycles. The minimum absolute atomic E-state index is 0.113. The van der Waals surface area contributed by atoms with Gasteiger partial charge in [0.05, 0.1) is 6.04 Å². The van der Waals surface area contributed by atoms with E-state index in [1.54, 1.807) is 12.3 Å². The number of hydrogen-bond acceptors (Lipinski definition) is 3. The first kappa shape index (κ1) is 13.1. The molecule has 1 atom stereocenters. The Kier molecular flexibility index (Phi) is 3.79. The molecule has 0 amide bonds. The van der Waals surface area contributed by atoms with Crippen LogP contribution in [0.5, 0.6) is 0 Å². The maximum atomic E-state index is 11.7. The first-order valence-electron chi connectivity index (χ1n) is 5.98. The number of hydrogen-bond donors (Lipinski definition) is 1. The fourth-order valence-corrected chi connectivity index (χ4v) is 2.23. The molecule has 0 fully saturated rings. The van der Waals surface area contributed by atoms with Crippen LogP contribution >= 0.6 is 0 Å². The molecule has 1 aromatic heterocycles. The molecule has 1 unspecified atom stereocenters. The molecule has 1 heterocycles. The van der Waals surface area contributed by atoms with Crippen LogP contribution in [0.25, 0.3) is 0 Å². The van der Waals surface area contributed by atoms with Crippen molar-refractivity contribution in [1.29, 1.82) is 5.26 Å². The summed E-state index contributed by atoms with van der Waals surface area (Å²) >= 11 is 0. The van der Waals surface area contributed by atoms with Gasteiger partial charge in [-0.15, -0.1) is 0 Å². The SMILES string of the molecule is CN(C)C(c1ccccc1)c1cc[nH]c(=O)c1C#N. The van der Waals surface area contributed by atoms with Gasteiger partial charge in [0.2, 0.25) is 0 Å². The predicted molar refractivity (Wildman–Crippen MR) is 73.7 cm³/mol. The standard InChI is InChI=1S/C15H15N3O/c1-18(2)14(11-6-4-3-5-7-11)12-8-9-17-15(19)13(12)10-16/h3-9,14H,1-2H3,(H,17,19). The predicted octanol–water partition coefficient (Wildman–Crippen LogP) is 1.90. The lowest BCUT2D eigenvalue weighted by molar-refractivity contribution is 0.341. The van der Waals surface area contributed by atoms with Crippen molar-refractivity contribution in [1.82, 2.24) is 9.88 Å². The van der Waals surface area contributed by atoms with E-state index in [4.69, 9.17) is 0 Å². The van der Waals surface area contributed by atoms with Gasteiger partial charge < -0.3 is 4.98 Å². The minimum Gasteiger partial charge on any atom is -0.328 e. The molecule has 0 aliphatic carbocycles. The van der Waals surface area contributed by atoms with Gasteiger partial charge in [-0.3, -0.25) is 9.69 Å². The third-order valence-corrected chi connectivity index (χ3v) is 3.03. The Hall–Kier alpha value is -2.38. The van der Waals surface area contributed by atoms with Crippen LogP contribution in [0.1, 0.15) is 22.7 Å². The third kappa shape index (κ3) is 2.56. The zero-order chi connectivity index (χ0) is 13.8. The molecule has 4 nitrogen and oxygen atoms in total. The van der Waals surface area contributed by atoms with E-state index in [0.29, 0.717) is 0 Å². The molecular weight excluding hydrogens is 238 g/mol. The van der Waals surface area contributed by atoms with E-state index in [-0.39, 0.29) is 17.2 Å². The first-order valence-corrected chi connectivity index (χ1v) is 5.98. The van der Waals surface area contributed by atoms with Crippen LogP contribution < -0.4 is 5.56 Å². The van der Waals surface area contributed by atoms with Gasteiger partial charge in [0.1, 0.15) is 11.6 Å². The number of nitrogens with one attached hydrogen (secondary N) is 1. The number of H-pyrrole nitrogens is 1. The van der Waals surface area contributed by atoms with Gasteiger partial charge in [0.25, 0.3) is 5.56 Å². The number of nitrogens with zero attached hydrogens (tertiary/aromatic N) is 2. The Bertz CT molecular complexity index is 653. The van der Waals surface area contributed by atoms with E-state index in [1.807, 2.05) is 55.4 Å². The molecule has 2 aromatic rings. The van der Waals surface area contributed by atoms with Crippen molar-refractivity contribution in [3.8, 4) is 6.07 Å². The maximum Gasteiger partial charge on any atom is 0.266 e. The molecule has 0 aliphatic rings. The third-order valence-electron chi connectivity index (χ3n) is 3.03. The van der Waals surface area contributed by atoms with Crippen molar-refractivity contribution in [2.75, 3.05) is 14.1 Å². The van der Waals surface area contributed by atoms with Crippen molar-refractivity contribution >= 4 is 0 Å². The second-order valence-electron chi connectivity index (χ2n) is 4.53. The molecule has 19 heavy (non-hydrogen) atoms. The van der Waals surface area contributed by atoms with Crippen molar-refractivity contribution in [2.45, 2.75) is 6.04 Å². The fraction of sp³-hybridized carbons (Fsp3) is 0.200. The number of nitriles is 1. The highest BCUT2D eigenvalue weighted by Crippen LogP contribution is 2.27. The highest BCUT2D eigenvalue weighted by atomic mass is 16.1. The quantitative estimate of drug-likeness (QED) is 0.908. The van der Waals surface area contributed by atoms with Crippen LogP contribution in [0.2, 0.25) is 0 Å². The summed E-state index contributed by atoms with van der Waals surface area (Å²) in [4.78, 5) is 16.3. The topological polar surface area (TPSA) is 59.9 Å². The van der Waals surface area contributed by atoms with Crippen LogP contribution in [0, 0.1) is 11.3 Å². The molecular formula is C15H15N3O. The Morgan fingerprint density at radius 1 is 1.21 bits per heavy atom. The number of aromatic amines is 1. The number of benzene rings is 1. The van der Waals surface area contributed by atoms with Crippen LogP contribution in [0.3, 0.4) is 0 Å². The van der Waals surface area contributed by atoms with Gasteiger partial charge in [-0.1, -0.05) is 30.3 Å². The summed E-state index contributed by atoms with van der Waals surface area (Å²) in [5.74, 6) is 0. The summed E-state index contributed by atoms with van der Waals surface area (Å²) in [7, 11) is 3.86. The Morgan fingerprint density at radius 2 is 1.89 bits per heavy atom. The largest absolute Gasteiger partial charge is 0.328 e. The van der Waals surface area contributed by atoms with Gasteiger partial charge in [-0.2, -0.15) is 5.26 Å². The lowest BCUT2D eigenvalue weighted by atomic mass is 9.95. The Balaban J connectivity index is 2.63. The number of aromatic nitrogens is 1. The normalized spacial score (nSPS) is 12.1. The Labute approximate surface area is 111 Å². The number of pyridine rings is 1. The molecule has 4 heteroatoms. The van der Waals surface area contributed by atoms with E-state index in [9.17, 15) is 10.1 Å². The summed E-state index contributed by atoms with van der Waals surface area (Å²) < 4.78 is 0. The van der Waals surface area contributed by atoms with E-state index in [0.717, 1.165) is 11.1 Å². The zero-order valence-electron chi connectivity index (χ0n) is 10.9. The average molecular weight is 253 g/mol. The first-order chi connectivity index (χ1) is 9.15. The Morgan fingerprint density at radius 3 is 2.47 bits per heavy atom. The average Bonchev–Trinajstić information content (AvgIpc) is 2.40. The minimum atomic E-state index is -0.345. The summed E-state index contributed by atoms with van der Waals surface area (Å²) in [6.07, 6.45) is 1.58. The summed E-state index contributed by atoms with van der Waals surface area (Å²) in [6.45, 7) is 0. The molecule has 0 spiro atoms. The summed E-state index contributed by atoms with van der Waals surface area (Å²) in [5.41, 5.74) is 1.60. The van der Waals surface area contributed by atoms with Crippen LogP contribution in [-0.2, 0) is 0 Å². The smallest absolute Gasteiger partial charge is 0.266 e. The molecule has 0 bridgehead atoms. The van der Waals surface area contributed by atoms with E-state index in [2.05, 4.69) is 4.98 Å². The maximum absolute atomic E-state index is 11.7. The highest BCUT2D eigenvalue weighted by Gasteiger charge is 2.21. The second-order valence-corrected chi connectivity index (χ2v) is 4.53. The van der Waals surface area contributed by atoms with Crippen LogP contribution in [0.15, 0.2) is 47.4 Å². The van der Waals surface area contributed by atoms with E-state index in [1.165, 1.54) is 0 Å². The second kappa shape index (κ2) is 5.51. The molecule has 0 radical (unpaired) electrons. The van der Waals surface area contributed by atoms with Crippen LogP contribution in [-0.4, -0.2) is 24.0 Å². The zero-order valence-corrected chi connectivity index (χ0v) is 10.9. The highest BCUT2D eigenvalue weighted by molar-refractivity contribution is 5.41. The van der Waals surface area contributed by atoms with Gasteiger partial charge in [-0.05, 0) is 31.3 Å². The monoisotopic (exact) mass is 253 g/mol. The van der Waals surface area contributed by atoms with Crippen molar-refractivity contribution in [3.05, 3.63) is 69.6 Å². The van der Waals surface area contributed by atoms with Crippen molar-refractivity contribution in [3.63, 3.8) is 0 Å². The summed E-state index contributed by atoms with van der Waals surface area (Å²) in [6, 6.07) is 13.5.